The van der Waals surface area contributed by atoms with Crippen molar-refractivity contribution in [1.82, 2.24) is 9.36 Å². The largest absolute Gasteiger partial charge is 0.268 e. The summed E-state index contributed by atoms with van der Waals surface area (Å²) in [6.45, 7) is 5.26. The van der Waals surface area contributed by atoms with Crippen LogP contribution in [0, 0.1) is 15.2 Å². The minimum atomic E-state index is 0.507. The van der Waals surface area contributed by atoms with E-state index in [9.17, 15) is 0 Å². The van der Waals surface area contributed by atoms with Gasteiger partial charge in [0.1, 0.15) is 9.28 Å². The third-order valence-electron chi connectivity index (χ3n) is 3.64. The average Bonchev–Trinajstić information content (AvgIpc) is 2.38. The van der Waals surface area contributed by atoms with Gasteiger partial charge in [0.15, 0.2) is 0 Å². The minimum absolute atomic E-state index is 0.507. The van der Waals surface area contributed by atoms with Crippen molar-refractivity contribution >= 4 is 41.4 Å². The highest BCUT2D eigenvalue weighted by atomic mass is 32.1. The first-order valence-electron chi connectivity index (χ1n) is 6.02. The summed E-state index contributed by atoms with van der Waals surface area (Å²) in [5, 5.41) is 2.14. The van der Waals surface area contributed by atoms with E-state index in [1.807, 2.05) is 22.9 Å². The molecule has 0 fully saturated rings. The van der Waals surface area contributed by atoms with Gasteiger partial charge in [-0.3, -0.25) is 4.68 Å². The topological polar surface area (TPSA) is 9.86 Å². The van der Waals surface area contributed by atoms with Gasteiger partial charge in [-0.15, -0.1) is 0 Å². The Morgan fingerprint density at radius 1 is 1.11 bits per heavy atom. The molecule has 0 radical (unpaired) electrons. The Balaban J connectivity index is 2.52. The maximum Gasteiger partial charge on any atom is 0.133 e. The summed E-state index contributed by atoms with van der Waals surface area (Å²) in [6.07, 6.45) is 2.11. The molecule has 0 saturated heterocycles. The quantitative estimate of drug-likeness (QED) is 0.658. The second-order valence-corrected chi connectivity index (χ2v) is 5.63. The van der Waals surface area contributed by atoms with E-state index in [1.54, 1.807) is 0 Å². The Kier molecular flexibility index (Phi) is 2.72. The highest BCUT2D eigenvalue weighted by Gasteiger charge is 2.16. The lowest BCUT2D eigenvalue weighted by atomic mass is 10.0. The molecule has 2 heterocycles. The van der Waals surface area contributed by atoms with Crippen LogP contribution in [0.4, 0.5) is 0 Å². The van der Waals surface area contributed by atoms with Crippen LogP contribution in [0.5, 0.6) is 0 Å². The first kappa shape index (κ1) is 11.8. The van der Waals surface area contributed by atoms with Gasteiger partial charge in [0.2, 0.25) is 0 Å². The second-order valence-electron chi connectivity index (χ2n) is 4.86. The number of rotatable bonds is 0. The van der Waals surface area contributed by atoms with Gasteiger partial charge >= 0.3 is 0 Å². The normalized spacial score (nSPS) is 18.6. The Morgan fingerprint density at radius 3 is 2.39 bits per heavy atom. The van der Waals surface area contributed by atoms with E-state index in [1.165, 1.54) is 5.57 Å². The maximum atomic E-state index is 5.60. The maximum absolute atomic E-state index is 5.60. The molecule has 3 rings (SSSR count). The zero-order valence-corrected chi connectivity index (χ0v) is 12.0. The zero-order chi connectivity index (χ0) is 12.9. The summed E-state index contributed by atoms with van der Waals surface area (Å²) >= 11 is 11.2. The van der Waals surface area contributed by atoms with Crippen molar-refractivity contribution in [3.8, 4) is 0 Å². The van der Waals surface area contributed by atoms with Crippen molar-refractivity contribution in [2.75, 3.05) is 0 Å². The molecule has 1 aliphatic heterocycles. The van der Waals surface area contributed by atoms with E-state index in [4.69, 9.17) is 24.4 Å². The van der Waals surface area contributed by atoms with Gasteiger partial charge in [-0.2, -0.15) is 0 Å². The van der Waals surface area contributed by atoms with Gasteiger partial charge in [-0.1, -0.05) is 61.2 Å². The third kappa shape index (κ3) is 1.60. The zero-order valence-electron chi connectivity index (χ0n) is 10.4. The van der Waals surface area contributed by atoms with E-state index >= 15 is 0 Å². The van der Waals surface area contributed by atoms with Crippen LogP contribution in [0.3, 0.4) is 0 Å². The van der Waals surface area contributed by atoms with Gasteiger partial charge in [-0.05, 0) is 12.8 Å². The molecule has 2 nitrogen and oxygen atoms in total. The lowest BCUT2D eigenvalue weighted by Crippen LogP contribution is -2.24. The van der Waals surface area contributed by atoms with Crippen molar-refractivity contribution in [2.24, 2.45) is 5.92 Å². The fourth-order valence-electron chi connectivity index (χ4n) is 2.35. The summed E-state index contributed by atoms with van der Waals surface area (Å²) in [4.78, 5) is 0. The molecule has 1 aromatic carbocycles. The highest BCUT2D eigenvalue weighted by molar-refractivity contribution is 7.72. The fraction of sp³-hybridized carbons (Fsp3) is 0.286. The number of hydrogen-bond acceptors (Lipinski definition) is 2. The molecular formula is C14H14N2S2. The third-order valence-corrected chi connectivity index (χ3v) is 4.48. The van der Waals surface area contributed by atoms with Crippen LogP contribution in [0.15, 0.2) is 29.8 Å². The van der Waals surface area contributed by atoms with E-state index in [-0.39, 0.29) is 0 Å². The number of nitrogens with zero attached hydrogens (tertiary/aromatic N) is 2. The molecule has 1 atom stereocenters. The van der Waals surface area contributed by atoms with Crippen LogP contribution >= 0.6 is 24.4 Å². The number of hydrogen-bond donors (Lipinski definition) is 0. The lowest BCUT2D eigenvalue weighted by Gasteiger charge is -2.26. The molecule has 0 amide bonds. The number of allylic oxidation sites excluding steroid dienone is 1. The summed E-state index contributed by atoms with van der Waals surface area (Å²) in [7, 11) is 0. The van der Waals surface area contributed by atoms with Crippen molar-refractivity contribution in [3.63, 3.8) is 0 Å². The molecule has 0 bridgehead atoms. The average molecular weight is 274 g/mol. The lowest BCUT2D eigenvalue weighted by molar-refractivity contribution is 0.438. The SMILES string of the molecule is CC1=Cn2c(=S)c3ccccc3c(=S)n2C[C@@H]1C. The first-order chi connectivity index (χ1) is 8.59. The van der Waals surface area contributed by atoms with E-state index < -0.39 is 0 Å². The predicted molar refractivity (Wildman–Crippen MR) is 80.7 cm³/mol. The predicted octanol–water partition coefficient (Wildman–Crippen LogP) is 4.41. The highest BCUT2D eigenvalue weighted by Crippen LogP contribution is 2.24. The number of fused-ring (bicyclic) bond motifs is 2. The molecule has 0 aliphatic carbocycles. The summed E-state index contributed by atoms with van der Waals surface area (Å²) in [5.41, 5.74) is 1.34. The van der Waals surface area contributed by atoms with Crippen LogP contribution in [0.2, 0.25) is 0 Å². The van der Waals surface area contributed by atoms with Gasteiger partial charge in [-0.25, -0.2) is 4.68 Å². The standard InChI is InChI=1S/C14H14N2S2/c1-9-7-15-13(17)11-5-3-4-6-12(11)14(18)16(15)8-10(9)2/h3-7,10H,8H2,1-2H3/t10-/m0/s1. The van der Waals surface area contributed by atoms with Gasteiger partial charge in [0.05, 0.1) is 0 Å². The van der Waals surface area contributed by atoms with Crippen LogP contribution < -0.4 is 0 Å². The van der Waals surface area contributed by atoms with Crippen LogP contribution in [0.25, 0.3) is 17.0 Å². The molecule has 0 N–H and O–H groups in total. The first-order valence-corrected chi connectivity index (χ1v) is 6.84. The second kappa shape index (κ2) is 4.14. The molecule has 4 heteroatoms. The molecular weight excluding hydrogens is 260 g/mol. The smallest absolute Gasteiger partial charge is 0.133 e. The van der Waals surface area contributed by atoms with Gasteiger partial charge in [0, 0.05) is 23.5 Å². The van der Waals surface area contributed by atoms with Crippen LogP contribution in [-0.2, 0) is 6.54 Å². The molecule has 0 saturated carbocycles. The van der Waals surface area contributed by atoms with Crippen molar-refractivity contribution in [2.45, 2.75) is 20.4 Å². The molecule has 18 heavy (non-hydrogen) atoms. The van der Waals surface area contributed by atoms with Crippen molar-refractivity contribution in [3.05, 3.63) is 39.1 Å². The van der Waals surface area contributed by atoms with Crippen molar-refractivity contribution in [1.29, 1.82) is 0 Å². The number of benzene rings is 1. The molecule has 2 aromatic rings. The Labute approximate surface area is 116 Å². The van der Waals surface area contributed by atoms with Gasteiger partial charge in [0.25, 0.3) is 0 Å². The van der Waals surface area contributed by atoms with Crippen molar-refractivity contribution < 1.29 is 0 Å². The van der Waals surface area contributed by atoms with Crippen LogP contribution in [0.1, 0.15) is 13.8 Å². The molecule has 0 unspecified atom stereocenters. The van der Waals surface area contributed by atoms with Gasteiger partial charge < -0.3 is 0 Å². The summed E-state index contributed by atoms with van der Waals surface area (Å²) < 4.78 is 5.84. The monoisotopic (exact) mass is 274 g/mol. The minimum Gasteiger partial charge on any atom is -0.268 e. The van der Waals surface area contributed by atoms with E-state index in [0.29, 0.717) is 5.92 Å². The Bertz CT molecular complexity index is 780. The fourth-order valence-corrected chi connectivity index (χ4v) is 3.02. The Hall–Kier alpha value is -1.26. The summed E-state index contributed by atoms with van der Waals surface area (Å²) in [6, 6.07) is 8.12. The Morgan fingerprint density at radius 2 is 1.72 bits per heavy atom. The van der Waals surface area contributed by atoms with Crippen LogP contribution in [-0.4, -0.2) is 9.36 Å². The molecule has 0 spiro atoms. The van der Waals surface area contributed by atoms with E-state index in [0.717, 1.165) is 26.6 Å². The number of aromatic nitrogens is 2. The molecule has 1 aliphatic rings. The molecule has 92 valence electrons. The molecule has 1 aromatic heterocycles. The van der Waals surface area contributed by atoms with E-state index in [2.05, 4.69) is 30.8 Å². The summed E-state index contributed by atoms with van der Waals surface area (Å²) in [5.74, 6) is 0.507.